The van der Waals surface area contributed by atoms with Crippen molar-refractivity contribution in [2.24, 2.45) is 0 Å². The largest absolute Gasteiger partial charge is 0.444 e. The van der Waals surface area contributed by atoms with E-state index in [0.717, 1.165) is 29.5 Å². The van der Waals surface area contributed by atoms with Gasteiger partial charge in [0, 0.05) is 43.2 Å². The SMILES string of the molecule is CN(Cc1cncc(C(C)(C)O)c1)C(=O)c1ccc(C[C@@H]2CC[C@H]([C@H](O[SiH](C)C(C)(C)C)c3ccccc3)N2C(=O)OC(C)(C)C)cc1. The quantitative estimate of drug-likeness (QED) is 0.221. The molecule has 0 bridgehead atoms. The highest BCUT2D eigenvalue weighted by molar-refractivity contribution is 6.53. The Morgan fingerprint density at radius 1 is 0.958 bits per heavy atom. The number of nitrogens with zero attached hydrogens (tertiary/aromatic N) is 3. The van der Waals surface area contributed by atoms with E-state index in [0.29, 0.717) is 24.1 Å². The van der Waals surface area contributed by atoms with Crippen LogP contribution in [0.3, 0.4) is 0 Å². The van der Waals surface area contributed by atoms with Gasteiger partial charge in [0.05, 0.1) is 17.7 Å². The first-order valence-corrected chi connectivity index (χ1v) is 19.3. The maximum absolute atomic E-state index is 13.9. The Balaban J connectivity index is 1.54. The minimum absolute atomic E-state index is 0.0618. The van der Waals surface area contributed by atoms with Crippen LogP contribution in [-0.4, -0.2) is 65.7 Å². The fourth-order valence-electron chi connectivity index (χ4n) is 6.00. The van der Waals surface area contributed by atoms with Gasteiger partial charge in [-0.1, -0.05) is 63.2 Å². The molecule has 48 heavy (non-hydrogen) atoms. The van der Waals surface area contributed by atoms with E-state index in [2.05, 4.69) is 44.4 Å². The van der Waals surface area contributed by atoms with Gasteiger partial charge in [-0.25, -0.2) is 4.79 Å². The summed E-state index contributed by atoms with van der Waals surface area (Å²) < 4.78 is 13.0. The van der Waals surface area contributed by atoms with Gasteiger partial charge in [-0.05, 0) is 100 Å². The van der Waals surface area contributed by atoms with Gasteiger partial charge < -0.3 is 19.2 Å². The lowest BCUT2D eigenvalue weighted by Crippen LogP contribution is -2.48. The average Bonchev–Trinajstić information content (AvgIpc) is 3.41. The highest BCUT2D eigenvalue weighted by Crippen LogP contribution is 2.40. The molecule has 1 aliphatic rings. The van der Waals surface area contributed by atoms with Crippen LogP contribution in [0.15, 0.2) is 73.1 Å². The molecular weight excluding hydrogens is 619 g/mol. The Bertz CT molecular complexity index is 1530. The summed E-state index contributed by atoms with van der Waals surface area (Å²) in [6.45, 7) is 18.4. The Morgan fingerprint density at radius 3 is 2.19 bits per heavy atom. The Morgan fingerprint density at radius 2 is 1.60 bits per heavy atom. The Labute approximate surface area is 289 Å². The lowest BCUT2D eigenvalue weighted by molar-refractivity contribution is -0.00135. The van der Waals surface area contributed by atoms with E-state index >= 15 is 0 Å². The molecule has 2 heterocycles. The maximum atomic E-state index is 13.9. The number of hydrogen-bond donors (Lipinski definition) is 1. The summed E-state index contributed by atoms with van der Waals surface area (Å²) >= 11 is 0. The summed E-state index contributed by atoms with van der Waals surface area (Å²) in [4.78, 5) is 35.1. The molecule has 3 aromatic rings. The molecule has 2 amide bonds. The molecule has 0 spiro atoms. The fraction of sp³-hybridized carbons (Fsp3) is 0.513. The van der Waals surface area contributed by atoms with Crippen LogP contribution >= 0.6 is 0 Å². The monoisotopic (exact) mass is 673 g/mol. The molecule has 1 aliphatic heterocycles. The molecule has 0 radical (unpaired) electrons. The Hall–Kier alpha value is -3.53. The third-order valence-corrected chi connectivity index (χ3v) is 12.3. The van der Waals surface area contributed by atoms with Crippen molar-refractivity contribution in [2.75, 3.05) is 7.05 Å². The highest BCUT2D eigenvalue weighted by atomic mass is 28.3. The van der Waals surface area contributed by atoms with Crippen LogP contribution in [-0.2, 0) is 27.7 Å². The van der Waals surface area contributed by atoms with Crippen molar-refractivity contribution < 1.29 is 23.9 Å². The molecule has 4 atom stereocenters. The van der Waals surface area contributed by atoms with Crippen LogP contribution in [0, 0.1) is 0 Å². The van der Waals surface area contributed by atoms with E-state index in [1.807, 2.05) is 74.2 Å². The van der Waals surface area contributed by atoms with E-state index in [9.17, 15) is 14.7 Å². The molecule has 1 N–H and O–H groups in total. The van der Waals surface area contributed by atoms with Crippen LogP contribution in [0.2, 0.25) is 11.6 Å². The molecule has 4 rings (SSSR count). The van der Waals surface area contributed by atoms with Gasteiger partial charge in [0.1, 0.15) is 5.60 Å². The lowest BCUT2D eigenvalue weighted by atomic mass is 9.99. The summed E-state index contributed by atoms with van der Waals surface area (Å²) in [5.74, 6) is -0.105. The van der Waals surface area contributed by atoms with Crippen LogP contribution in [0.5, 0.6) is 0 Å². The van der Waals surface area contributed by atoms with Gasteiger partial charge in [-0.15, -0.1) is 0 Å². The zero-order valence-electron chi connectivity index (χ0n) is 30.5. The summed E-state index contributed by atoms with van der Waals surface area (Å²) in [6, 6.07) is 19.6. The second-order valence-corrected chi connectivity index (χ2v) is 19.2. The molecule has 0 aliphatic carbocycles. The van der Waals surface area contributed by atoms with Gasteiger partial charge in [0.2, 0.25) is 0 Å². The van der Waals surface area contributed by atoms with E-state index in [-0.39, 0.29) is 35.2 Å². The second kappa shape index (κ2) is 14.9. The smallest absolute Gasteiger partial charge is 0.410 e. The number of benzene rings is 2. The van der Waals surface area contributed by atoms with Gasteiger partial charge in [0.15, 0.2) is 9.04 Å². The Kier molecular flexibility index (Phi) is 11.6. The number of carbonyl (C=O) groups excluding carboxylic acids is 2. The zero-order valence-corrected chi connectivity index (χ0v) is 31.6. The minimum Gasteiger partial charge on any atom is -0.444 e. The molecule has 0 saturated carbocycles. The van der Waals surface area contributed by atoms with Crippen LogP contribution in [0.1, 0.15) is 107 Å². The van der Waals surface area contributed by atoms with Crippen LogP contribution < -0.4 is 0 Å². The summed E-state index contributed by atoms with van der Waals surface area (Å²) in [5.41, 5.74) is 2.61. The third kappa shape index (κ3) is 9.77. The molecule has 2 aromatic carbocycles. The van der Waals surface area contributed by atoms with Crippen molar-refractivity contribution >= 4 is 21.0 Å². The number of carbonyl (C=O) groups is 2. The molecule has 1 unspecified atom stereocenters. The molecule has 1 fully saturated rings. The number of likely N-dealkylation sites (tertiary alicyclic amines) is 1. The topological polar surface area (TPSA) is 92.2 Å². The molecule has 9 heteroatoms. The molecule has 260 valence electrons. The standard InChI is InChI=1S/C39H55N3O5Si/c1-37(2,3)46-36(44)42-32(20-21-33(42)34(29-14-12-11-13-15-29)47-48(10)38(4,5)6)23-27-16-18-30(19-17-27)35(43)41(9)26-28-22-31(25-40-24-28)39(7,8)45/h11-19,22,24-25,32-34,45,48H,20-21,23,26H2,1-10H3/t32-,33+,34+,48?/m0/s1. The minimum atomic E-state index is -1.65. The maximum Gasteiger partial charge on any atom is 0.410 e. The van der Waals surface area contributed by atoms with E-state index < -0.39 is 20.2 Å². The molecular formula is C39H55N3O5Si. The predicted octanol–water partition coefficient (Wildman–Crippen LogP) is 7.80. The van der Waals surface area contributed by atoms with E-state index in [1.165, 1.54) is 0 Å². The average molecular weight is 674 g/mol. The molecule has 1 aromatic heterocycles. The van der Waals surface area contributed by atoms with Gasteiger partial charge >= 0.3 is 6.09 Å². The van der Waals surface area contributed by atoms with E-state index in [1.54, 1.807) is 38.2 Å². The van der Waals surface area contributed by atoms with Crippen molar-refractivity contribution in [3.05, 3.63) is 101 Å². The lowest BCUT2D eigenvalue weighted by Gasteiger charge is -2.39. The summed E-state index contributed by atoms with van der Waals surface area (Å²) in [7, 11) is 0.112. The summed E-state index contributed by atoms with van der Waals surface area (Å²) in [6.07, 6.45) is 5.06. The third-order valence-electron chi connectivity index (χ3n) is 9.14. The normalized spacial score (nSPS) is 18.4. The zero-order chi connectivity index (χ0) is 35.4. The molecule has 1 saturated heterocycles. The number of amides is 2. The number of pyridine rings is 1. The number of aliphatic hydroxyl groups is 1. The first kappa shape index (κ1) is 37.3. The number of ether oxygens (including phenoxy) is 1. The number of rotatable bonds is 10. The van der Waals surface area contributed by atoms with Crippen molar-refractivity contribution in [1.29, 1.82) is 0 Å². The predicted molar refractivity (Wildman–Crippen MR) is 193 cm³/mol. The van der Waals surface area contributed by atoms with Crippen LogP contribution in [0.4, 0.5) is 4.79 Å². The summed E-state index contributed by atoms with van der Waals surface area (Å²) in [5, 5.41) is 10.4. The van der Waals surface area contributed by atoms with Crippen LogP contribution in [0.25, 0.3) is 0 Å². The number of hydrogen-bond acceptors (Lipinski definition) is 6. The highest BCUT2D eigenvalue weighted by Gasteiger charge is 2.45. The van der Waals surface area contributed by atoms with Crippen molar-refractivity contribution in [2.45, 2.75) is 122 Å². The van der Waals surface area contributed by atoms with Crippen molar-refractivity contribution in [3.63, 3.8) is 0 Å². The second-order valence-electron chi connectivity index (χ2n) is 15.9. The van der Waals surface area contributed by atoms with Gasteiger partial charge in [0.25, 0.3) is 5.91 Å². The molecule has 8 nitrogen and oxygen atoms in total. The number of aromatic nitrogens is 1. The van der Waals surface area contributed by atoms with Gasteiger partial charge in [-0.3, -0.25) is 14.7 Å². The fourth-order valence-corrected chi connectivity index (χ4v) is 7.18. The van der Waals surface area contributed by atoms with E-state index in [4.69, 9.17) is 9.16 Å². The first-order valence-electron chi connectivity index (χ1n) is 17.1. The first-order chi connectivity index (χ1) is 22.3. The van der Waals surface area contributed by atoms with Crippen molar-refractivity contribution in [3.8, 4) is 0 Å². The van der Waals surface area contributed by atoms with Gasteiger partial charge in [-0.2, -0.15) is 0 Å². The van der Waals surface area contributed by atoms with Crippen molar-refractivity contribution in [1.82, 2.24) is 14.8 Å².